The SMILES string of the molecule is CC[C@H]1CN(CCc2ccc(OC)c(O)c2)C(=O)C[C@H]1CC(=O)O. The van der Waals surface area contributed by atoms with Gasteiger partial charge in [0.2, 0.25) is 5.91 Å². The molecule has 1 aliphatic rings. The minimum atomic E-state index is -0.839. The van der Waals surface area contributed by atoms with E-state index in [0.717, 1.165) is 12.0 Å². The fourth-order valence-corrected chi connectivity index (χ4v) is 3.35. The summed E-state index contributed by atoms with van der Waals surface area (Å²) in [7, 11) is 1.50. The molecule has 1 amide bonds. The maximum Gasteiger partial charge on any atom is 0.303 e. The third-order valence-corrected chi connectivity index (χ3v) is 4.79. The predicted octanol–water partition coefficient (Wildman–Crippen LogP) is 2.29. The Morgan fingerprint density at radius 2 is 2.12 bits per heavy atom. The summed E-state index contributed by atoms with van der Waals surface area (Å²) < 4.78 is 5.02. The number of nitrogens with zero attached hydrogens (tertiary/aromatic N) is 1. The van der Waals surface area contributed by atoms with E-state index in [9.17, 15) is 14.7 Å². The quantitative estimate of drug-likeness (QED) is 0.798. The number of carboxylic acid groups (broad SMARTS) is 1. The molecule has 6 nitrogen and oxygen atoms in total. The predicted molar refractivity (Wildman–Crippen MR) is 89.1 cm³/mol. The Kier molecular flexibility index (Phi) is 6.06. The second-order valence-electron chi connectivity index (χ2n) is 6.33. The standard InChI is InChI=1S/C18H25NO5/c1-3-13-11-19(17(21)9-14(13)10-18(22)23)7-6-12-4-5-16(24-2)15(20)8-12/h4-5,8,13-14,20H,3,6-7,9-11H2,1-2H3,(H,22,23)/t13-,14-/m0/s1. The van der Waals surface area contributed by atoms with Crippen LogP contribution in [-0.2, 0) is 16.0 Å². The molecule has 2 atom stereocenters. The number of carboxylic acids is 1. The molecule has 0 saturated carbocycles. The average molecular weight is 335 g/mol. The van der Waals surface area contributed by atoms with Crippen molar-refractivity contribution < 1.29 is 24.5 Å². The van der Waals surface area contributed by atoms with Crippen LogP contribution in [0, 0.1) is 11.8 Å². The van der Waals surface area contributed by atoms with E-state index >= 15 is 0 Å². The van der Waals surface area contributed by atoms with Crippen molar-refractivity contribution in [2.75, 3.05) is 20.2 Å². The Morgan fingerprint density at radius 1 is 1.38 bits per heavy atom. The van der Waals surface area contributed by atoms with Crippen molar-refractivity contribution in [1.82, 2.24) is 4.90 Å². The minimum Gasteiger partial charge on any atom is -0.504 e. The molecular formula is C18H25NO5. The van der Waals surface area contributed by atoms with Crippen molar-refractivity contribution in [2.45, 2.75) is 32.6 Å². The Bertz CT molecular complexity index is 601. The Labute approximate surface area is 142 Å². The molecule has 1 saturated heterocycles. The van der Waals surface area contributed by atoms with Gasteiger partial charge in [-0.25, -0.2) is 0 Å². The third kappa shape index (κ3) is 4.40. The number of hydrogen-bond donors (Lipinski definition) is 2. The van der Waals surface area contributed by atoms with E-state index in [1.54, 1.807) is 12.1 Å². The molecule has 0 unspecified atom stereocenters. The summed E-state index contributed by atoms with van der Waals surface area (Å²) in [6.45, 7) is 3.21. The molecule has 0 radical (unpaired) electrons. The largest absolute Gasteiger partial charge is 0.504 e. The molecule has 24 heavy (non-hydrogen) atoms. The van der Waals surface area contributed by atoms with Crippen molar-refractivity contribution >= 4 is 11.9 Å². The van der Waals surface area contributed by atoms with E-state index in [4.69, 9.17) is 9.84 Å². The number of rotatable bonds is 7. The highest BCUT2D eigenvalue weighted by Crippen LogP contribution is 2.30. The molecule has 0 spiro atoms. The maximum atomic E-state index is 12.3. The number of benzene rings is 1. The van der Waals surface area contributed by atoms with Crippen LogP contribution in [0.25, 0.3) is 0 Å². The molecule has 1 aromatic rings. The molecule has 1 heterocycles. The lowest BCUT2D eigenvalue weighted by atomic mass is 9.81. The van der Waals surface area contributed by atoms with Crippen LogP contribution < -0.4 is 4.74 Å². The topological polar surface area (TPSA) is 87.1 Å². The molecular weight excluding hydrogens is 310 g/mol. The number of aliphatic carboxylic acids is 1. The number of amides is 1. The zero-order valence-electron chi connectivity index (χ0n) is 14.2. The second kappa shape index (κ2) is 8.04. The average Bonchev–Trinajstić information content (AvgIpc) is 2.53. The van der Waals surface area contributed by atoms with Gasteiger partial charge in [0.05, 0.1) is 7.11 Å². The van der Waals surface area contributed by atoms with Gasteiger partial charge in [-0.1, -0.05) is 19.4 Å². The summed E-state index contributed by atoms with van der Waals surface area (Å²) in [5, 5.41) is 18.8. The number of ether oxygens (including phenoxy) is 1. The first-order chi connectivity index (χ1) is 11.4. The van der Waals surface area contributed by atoms with E-state index in [1.807, 2.05) is 17.9 Å². The van der Waals surface area contributed by atoms with Gasteiger partial charge < -0.3 is 19.8 Å². The first kappa shape index (κ1) is 18.1. The summed E-state index contributed by atoms with van der Waals surface area (Å²) in [5.41, 5.74) is 0.932. The van der Waals surface area contributed by atoms with Gasteiger partial charge in [0, 0.05) is 25.9 Å². The summed E-state index contributed by atoms with van der Waals surface area (Å²) >= 11 is 0. The van der Waals surface area contributed by atoms with Crippen molar-refractivity contribution in [3.63, 3.8) is 0 Å². The molecule has 1 aliphatic heterocycles. The maximum absolute atomic E-state index is 12.3. The van der Waals surface area contributed by atoms with Gasteiger partial charge in [-0.05, 0) is 36.0 Å². The van der Waals surface area contributed by atoms with Gasteiger partial charge in [-0.3, -0.25) is 9.59 Å². The molecule has 132 valence electrons. The van der Waals surface area contributed by atoms with Crippen LogP contribution in [0.15, 0.2) is 18.2 Å². The molecule has 1 fully saturated rings. The highest BCUT2D eigenvalue weighted by molar-refractivity contribution is 5.78. The number of carbonyl (C=O) groups is 2. The van der Waals surface area contributed by atoms with Crippen LogP contribution in [0.1, 0.15) is 31.7 Å². The van der Waals surface area contributed by atoms with Gasteiger partial charge in [-0.2, -0.15) is 0 Å². The number of hydrogen-bond acceptors (Lipinski definition) is 4. The molecule has 1 aromatic carbocycles. The first-order valence-electron chi connectivity index (χ1n) is 8.30. The Hall–Kier alpha value is -2.24. The molecule has 0 bridgehead atoms. The number of phenolic OH excluding ortho intramolecular Hbond substituents is 1. The second-order valence-corrected chi connectivity index (χ2v) is 6.33. The van der Waals surface area contributed by atoms with E-state index < -0.39 is 5.97 Å². The van der Waals surface area contributed by atoms with Crippen LogP contribution in [0.3, 0.4) is 0 Å². The number of aromatic hydroxyl groups is 1. The summed E-state index contributed by atoms with van der Waals surface area (Å²) in [5.74, 6) is -0.148. The minimum absolute atomic E-state index is 0.0173. The van der Waals surface area contributed by atoms with Gasteiger partial charge >= 0.3 is 5.97 Å². The zero-order chi connectivity index (χ0) is 17.7. The lowest BCUT2D eigenvalue weighted by Gasteiger charge is -2.37. The van der Waals surface area contributed by atoms with E-state index in [0.29, 0.717) is 31.7 Å². The van der Waals surface area contributed by atoms with E-state index in [-0.39, 0.29) is 29.9 Å². The van der Waals surface area contributed by atoms with Crippen LogP contribution in [0.5, 0.6) is 11.5 Å². The number of phenols is 1. The zero-order valence-corrected chi connectivity index (χ0v) is 14.2. The summed E-state index contributed by atoms with van der Waals surface area (Å²) in [6.07, 6.45) is 1.87. The van der Waals surface area contributed by atoms with Gasteiger partial charge in [-0.15, -0.1) is 0 Å². The number of carbonyl (C=O) groups excluding carboxylic acids is 1. The summed E-state index contributed by atoms with van der Waals surface area (Å²) in [6, 6.07) is 5.23. The molecule has 2 N–H and O–H groups in total. The Morgan fingerprint density at radius 3 is 2.71 bits per heavy atom. The molecule has 0 aliphatic carbocycles. The third-order valence-electron chi connectivity index (χ3n) is 4.79. The summed E-state index contributed by atoms with van der Waals surface area (Å²) in [4.78, 5) is 25.1. The highest BCUT2D eigenvalue weighted by Gasteiger charge is 2.33. The monoisotopic (exact) mass is 335 g/mol. The fourth-order valence-electron chi connectivity index (χ4n) is 3.35. The molecule has 2 rings (SSSR count). The fraction of sp³-hybridized carbons (Fsp3) is 0.556. The van der Waals surface area contributed by atoms with Crippen molar-refractivity contribution in [1.29, 1.82) is 0 Å². The Balaban J connectivity index is 1.96. The van der Waals surface area contributed by atoms with Crippen molar-refractivity contribution in [3.8, 4) is 11.5 Å². The number of methoxy groups -OCH3 is 1. The van der Waals surface area contributed by atoms with E-state index in [1.165, 1.54) is 7.11 Å². The van der Waals surface area contributed by atoms with Crippen LogP contribution in [0.2, 0.25) is 0 Å². The van der Waals surface area contributed by atoms with E-state index in [2.05, 4.69) is 0 Å². The van der Waals surface area contributed by atoms with Crippen molar-refractivity contribution in [3.05, 3.63) is 23.8 Å². The number of piperidine rings is 1. The lowest BCUT2D eigenvalue weighted by Crippen LogP contribution is -2.45. The lowest BCUT2D eigenvalue weighted by molar-refractivity contribution is -0.142. The van der Waals surface area contributed by atoms with Crippen LogP contribution in [-0.4, -0.2) is 47.2 Å². The molecule has 6 heteroatoms. The van der Waals surface area contributed by atoms with Gasteiger partial charge in [0.15, 0.2) is 11.5 Å². The first-order valence-corrected chi connectivity index (χ1v) is 8.30. The molecule has 0 aromatic heterocycles. The number of likely N-dealkylation sites (tertiary alicyclic amines) is 1. The van der Waals surface area contributed by atoms with Crippen LogP contribution in [0.4, 0.5) is 0 Å². The highest BCUT2D eigenvalue weighted by atomic mass is 16.5. The van der Waals surface area contributed by atoms with Crippen molar-refractivity contribution in [2.24, 2.45) is 11.8 Å². The van der Waals surface area contributed by atoms with Gasteiger partial charge in [0.25, 0.3) is 0 Å². The van der Waals surface area contributed by atoms with Gasteiger partial charge in [0.1, 0.15) is 0 Å². The normalized spacial score (nSPS) is 20.9. The smallest absolute Gasteiger partial charge is 0.303 e. The van der Waals surface area contributed by atoms with Crippen LogP contribution >= 0.6 is 0 Å².